The van der Waals surface area contributed by atoms with Crippen LogP contribution >= 0.6 is 15.9 Å². The van der Waals surface area contributed by atoms with Gasteiger partial charge in [0.2, 0.25) is 0 Å². The zero-order chi connectivity index (χ0) is 18.9. The van der Waals surface area contributed by atoms with Crippen molar-refractivity contribution in [3.05, 3.63) is 76.9 Å². The molecule has 2 aromatic carbocycles. The summed E-state index contributed by atoms with van der Waals surface area (Å²) >= 11 is 3.50. The molecule has 8 heteroatoms. The highest BCUT2D eigenvalue weighted by molar-refractivity contribution is 9.10. The number of benzene rings is 2. The average Bonchev–Trinajstić information content (AvgIpc) is 3.32. The molecule has 0 radical (unpaired) electrons. The number of rotatable bonds is 4. The van der Waals surface area contributed by atoms with Crippen LogP contribution in [0.15, 0.2) is 76.4 Å². The Morgan fingerprint density at radius 3 is 2.82 bits per heavy atom. The van der Waals surface area contributed by atoms with E-state index < -0.39 is 0 Å². The molecule has 3 heterocycles. The van der Waals surface area contributed by atoms with Crippen LogP contribution in [0, 0.1) is 0 Å². The lowest BCUT2D eigenvalue weighted by atomic mass is 10.2. The third-order valence-corrected chi connectivity index (χ3v) is 4.85. The van der Waals surface area contributed by atoms with Crippen molar-refractivity contribution >= 4 is 44.5 Å². The van der Waals surface area contributed by atoms with E-state index in [0.717, 1.165) is 26.5 Å². The summed E-state index contributed by atoms with van der Waals surface area (Å²) in [5.74, 6) is 1.28. The van der Waals surface area contributed by atoms with Crippen LogP contribution in [0.4, 0.5) is 5.82 Å². The number of nitrogens with one attached hydrogen (secondary N) is 2. The van der Waals surface area contributed by atoms with Gasteiger partial charge in [-0.05, 0) is 30.3 Å². The molecule has 0 unspecified atom stereocenters. The largest absolute Gasteiger partial charge is 0.361 e. The molecule has 0 bridgehead atoms. The number of nitrogens with zero attached hydrogens (tertiary/aromatic N) is 5. The molecule has 28 heavy (non-hydrogen) atoms. The molecule has 0 aliphatic heterocycles. The van der Waals surface area contributed by atoms with Crippen molar-refractivity contribution in [2.75, 3.05) is 5.43 Å². The molecule has 5 rings (SSSR count). The van der Waals surface area contributed by atoms with Gasteiger partial charge < -0.3 is 4.98 Å². The smallest absolute Gasteiger partial charge is 0.185 e. The van der Waals surface area contributed by atoms with E-state index in [9.17, 15) is 0 Å². The summed E-state index contributed by atoms with van der Waals surface area (Å²) in [7, 11) is 0. The fourth-order valence-corrected chi connectivity index (χ4v) is 3.37. The van der Waals surface area contributed by atoms with Crippen molar-refractivity contribution in [2.24, 2.45) is 5.10 Å². The second-order valence-corrected chi connectivity index (χ2v) is 7.10. The zero-order valence-electron chi connectivity index (χ0n) is 14.5. The van der Waals surface area contributed by atoms with Gasteiger partial charge in [0.05, 0.1) is 6.21 Å². The fourth-order valence-electron chi connectivity index (χ4n) is 3.00. The van der Waals surface area contributed by atoms with Crippen LogP contribution in [0.5, 0.6) is 0 Å². The topological polar surface area (TPSA) is 83.3 Å². The second kappa shape index (κ2) is 6.90. The van der Waals surface area contributed by atoms with Gasteiger partial charge in [0.15, 0.2) is 17.3 Å². The number of aromatic amines is 1. The van der Waals surface area contributed by atoms with Gasteiger partial charge >= 0.3 is 0 Å². The molecule has 7 nitrogen and oxygen atoms in total. The number of fused-ring (bicyclic) bond motifs is 2. The van der Waals surface area contributed by atoms with E-state index in [4.69, 9.17) is 0 Å². The molecule has 0 fully saturated rings. The van der Waals surface area contributed by atoms with E-state index in [1.165, 1.54) is 0 Å². The Kier molecular flexibility index (Phi) is 4.10. The van der Waals surface area contributed by atoms with Crippen LogP contribution in [0.3, 0.4) is 0 Å². The van der Waals surface area contributed by atoms with E-state index in [1.807, 2.05) is 60.8 Å². The van der Waals surface area contributed by atoms with Crippen LogP contribution < -0.4 is 5.43 Å². The Labute approximate surface area is 168 Å². The lowest BCUT2D eigenvalue weighted by Crippen LogP contribution is -2.00. The number of hydrazone groups is 1. The molecule has 0 aliphatic carbocycles. The molecule has 2 N–H and O–H groups in total. The number of halogens is 1. The van der Waals surface area contributed by atoms with Crippen molar-refractivity contribution in [1.29, 1.82) is 0 Å². The van der Waals surface area contributed by atoms with Gasteiger partial charge in [-0.1, -0.05) is 46.3 Å². The van der Waals surface area contributed by atoms with Crippen LogP contribution in [0.1, 0.15) is 5.56 Å². The van der Waals surface area contributed by atoms with E-state index >= 15 is 0 Å². The highest BCUT2D eigenvalue weighted by Gasteiger charge is 2.09. The SMILES string of the molecule is Brc1ccc2[nH]cc(/C=N\Nc3ccc4nnc(-c5ccccc5)n4n3)c2c1. The first-order valence-electron chi connectivity index (χ1n) is 8.61. The van der Waals surface area contributed by atoms with Crippen molar-refractivity contribution in [3.8, 4) is 11.4 Å². The van der Waals surface area contributed by atoms with Gasteiger partial charge in [0.25, 0.3) is 0 Å². The zero-order valence-corrected chi connectivity index (χ0v) is 16.1. The minimum atomic E-state index is 0.599. The number of hydrogen-bond acceptors (Lipinski definition) is 5. The van der Waals surface area contributed by atoms with Gasteiger partial charge in [-0.3, -0.25) is 5.43 Å². The maximum atomic E-state index is 4.56. The van der Waals surface area contributed by atoms with Crippen molar-refractivity contribution < 1.29 is 0 Å². The Morgan fingerprint density at radius 2 is 1.93 bits per heavy atom. The Hall–Kier alpha value is -3.52. The highest BCUT2D eigenvalue weighted by atomic mass is 79.9. The standard InChI is InChI=1S/C20H14BrN7/c21-15-6-7-17-16(10-15)14(11-22-17)12-23-24-18-8-9-19-25-26-20(28(19)27-18)13-4-2-1-3-5-13/h1-12,22H,(H,24,27)/b23-12-. The van der Waals surface area contributed by atoms with E-state index in [-0.39, 0.29) is 0 Å². The van der Waals surface area contributed by atoms with Crippen LogP contribution in [-0.2, 0) is 0 Å². The summed E-state index contributed by atoms with van der Waals surface area (Å²) in [5, 5.41) is 18.4. The Morgan fingerprint density at radius 1 is 1.04 bits per heavy atom. The monoisotopic (exact) mass is 431 g/mol. The minimum Gasteiger partial charge on any atom is -0.361 e. The third kappa shape index (κ3) is 3.03. The van der Waals surface area contributed by atoms with E-state index in [2.05, 4.69) is 52.8 Å². The normalized spacial score (nSPS) is 11.6. The minimum absolute atomic E-state index is 0.599. The maximum Gasteiger partial charge on any atom is 0.185 e. The first-order chi connectivity index (χ1) is 13.8. The van der Waals surface area contributed by atoms with Gasteiger partial charge in [-0.25, -0.2) is 0 Å². The second-order valence-electron chi connectivity index (χ2n) is 6.18. The maximum absolute atomic E-state index is 4.56. The summed E-state index contributed by atoms with van der Waals surface area (Å²) in [5.41, 5.74) is 6.65. The Balaban J connectivity index is 1.43. The van der Waals surface area contributed by atoms with Gasteiger partial charge in [0.1, 0.15) is 0 Å². The van der Waals surface area contributed by atoms with Crippen molar-refractivity contribution in [1.82, 2.24) is 24.8 Å². The molecule has 0 aliphatic rings. The molecule has 0 spiro atoms. The molecule has 3 aromatic heterocycles. The summed E-state index contributed by atoms with van der Waals surface area (Å²) in [6.45, 7) is 0. The lowest BCUT2D eigenvalue weighted by Gasteiger charge is -2.02. The first kappa shape index (κ1) is 16.6. The lowest BCUT2D eigenvalue weighted by molar-refractivity contribution is 0.934. The Bertz CT molecular complexity index is 1300. The molecular formula is C20H14BrN7. The predicted molar refractivity (Wildman–Crippen MR) is 113 cm³/mol. The summed E-state index contributed by atoms with van der Waals surface area (Å²) in [6.07, 6.45) is 3.69. The summed E-state index contributed by atoms with van der Waals surface area (Å²) < 4.78 is 2.73. The highest BCUT2D eigenvalue weighted by Crippen LogP contribution is 2.22. The van der Waals surface area contributed by atoms with Gasteiger partial charge in [0, 0.05) is 32.7 Å². The molecular weight excluding hydrogens is 418 g/mol. The predicted octanol–water partition coefficient (Wildman–Crippen LogP) is 4.48. The first-order valence-corrected chi connectivity index (χ1v) is 9.41. The van der Waals surface area contributed by atoms with Crippen molar-refractivity contribution in [3.63, 3.8) is 0 Å². The third-order valence-electron chi connectivity index (χ3n) is 4.35. The molecule has 0 saturated heterocycles. The quantitative estimate of drug-likeness (QED) is 0.324. The molecule has 0 saturated carbocycles. The number of hydrogen-bond donors (Lipinski definition) is 2. The molecule has 0 atom stereocenters. The summed E-state index contributed by atoms with van der Waals surface area (Å²) in [4.78, 5) is 3.23. The molecule has 0 amide bonds. The van der Waals surface area contributed by atoms with E-state index in [0.29, 0.717) is 17.3 Å². The number of aromatic nitrogens is 5. The number of H-pyrrole nitrogens is 1. The molecule has 5 aromatic rings. The van der Waals surface area contributed by atoms with Gasteiger partial charge in [-0.2, -0.15) is 9.62 Å². The van der Waals surface area contributed by atoms with E-state index in [1.54, 1.807) is 10.7 Å². The molecule has 136 valence electrons. The van der Waals surface area contributed by atoms with Crippen LogP contribution in [0.2, 0.25) is 0 Å². The van der Waals surface area contributed by atoms with Crippen molar-refractivity contribution in [2.45, 2.75) is 0 Å². The summed E-state index contributed by atoms with van der Waals surface area (Å²) in [6, 6.07) is 19.6. The van der Waals surface area contributed by atoms with Gasteiger partial charge in [-0.15, -0.1) is 15.3 Å². The number of anilines is 1. The fraction of sp³-hybridized carbons (Fsp3) is 0. The average molecular weight is 432 g/mol. The van der Waals surface area contributed by atoms with Crippen LogP contribution in [-0.4, -0.2) is 31.0 Å². The van der Waals surface area contributed by atoms with Crippen LogP contribution in [0.25, 0.3) is 27.9 Å².